The van der Waals surface area contributed by atoms with Crippen molar-refractivity contribution in [2.45, 2.75) is 18.9 Å². The lowest BCUT2D eigenvalue weighted by Crippen LogP contribution is -2.57. The van der Waals surface area contributed by atoms with Gasteiger partial charge in [-0.1, -0.05) is 0 Å². The molecule has 2 amide bonds. The number of piperidine rings is 1. The Labute approximate surface area is 134 Å². The summed E-state index contributed by atoms with van der Waals surface area (Å²) in [5, 5.41) is 2.83. The topological polar surface area (TPSA) is 74.8 Å². The number of carbonyl (C=O) groups is 2. The maximum Gasteiger partial charge on any atom is 0.407 e. The highest BCUT2D eigenvalue weighted by molar-refractivity contribution is 5.94. The number of rotatable bonds is 2. The zero-order chi connectivity index (χ0) is 15.8. The third-order valence-electron chi connectivity index (χ3n) is 4.93. The summed E-state index contributed by atoms with van der Waals surface area (Å²) in [5.74, 6) is 1.11. The van der Waals surface area contributed by atoms with E-state index in [1.807, 2.05) is 17.0 Å². The minimum atomic E-state index is -0.350. The average molecular weight is 316 g/mol. The van der Waals surface area contributed by atoms with Gasteiger partial charge in [0.05, 0.1) is 12.2 Å². The first kappa shape index (κ1) is 14.3. The standard InChI is InChI=1S/C16H20N4O3/c21-15(11-2-3-14(17-8-11)19-5-1-6-19)20-7-4-13-12(9-20)10-23-16(22)18-13/h2-3,8,12-13H,1,4-7,9-10H2,(H,18,22)/t12-,13+/m1/s1. The van der Waals surface area contributed by atoms with Crippen molar-refractivity contribution in [3.8, 4) is 0 Å². The van der Waals surface area contributed by atoms with Crippen LogP contribution in [0.1, 0.15) is 23.2 Å². The predicted octanol–water partition coefficient (Wildman–Crippen LogP) is 0.862. The van der Waals surface area contributed by atoms with Gasteiger partial charge >= 0.3 is 6.09 Å². The van der Waals surface area contributed by atoms with Crippen LogP contribution in [-0.4, -0.2) is 60.7 Å². The van der Waals surface area contributed by atoms with Crippen molar-refractivity contribution >= 4 is 17.8 Å². The first-order valence-corrected chi connectivity index (χ1v) is 8.14. The fraction of sp³-hybridized carbons (Fsp3) is 0.562. The van der Waals surface area contributed by atoms with Crippen molar-refractivity contribution in [2.24, 2.45) is 5.92 Å². The molecule has 3 aliphatic heterocycles. The van der Waals surface area contributed by atoms with Crippen LogP contribution in [0.3, 0.4) is 0 Å². The lowest BCUT2D eigenvalue weighted by molar-refractivity contribution is 0.0324. The Bertz CT molecular complexity index is 614. The third-order valence-corrected chi connectivity index (χ3v) is 4.93. The van der Waals surface area contributed by atoms with Crippen LogP contribution in [0.4, 0.5) is 10.6 Å². The van der Waals surface area contributed by atoms with E-state index in [1.165, 1.54) is 6.42 Å². The lowest BCUT2D eigenvalue weighted by atomic mass is 9.91. The molecule has 2 atom stereocenters. The molecule has 0 aromatic carbocycles. The first-order valence-electron chi connectivity index (χ1n) is 8.14. The Morgan fingerprint density at radius 1 is 1.30 bits per heavy atom. The molecule has 1 aromatic heterocycles. The number of nitrogens with zero attached hydrogens (tertiary/aromatic N) is 3. The average Bonchev–Trinajstić information content (AvgIpc) is 2.53. The normalized spacial score (nSPS) is 26.7. The van der Waals surface area contributed by atoms with Crippen LogP contribution in [0.25, 0.3) is 0 Å². The molecule has 7 nitrogen and oxygen atoms in total. The minimum Gasteiger partial charge on any atom is -0.449 e. The van der Waals surface area contributed by atoms with Gasteiger partial charge in [-0.3, -0.25) is 4.79 Å². The summed E-state index contributed by atoms with van der Waals surface area (Å²) in [6.45, 7) is 3.72. The highest BCUT2D eigenvalue weighted by Crippen LogP contribution is 2.23. The van der Waals surface area contributed by atoms with Crippen LogP contribution in [0.15, 0.2) is 18.3 Å². The number of likely N-dealkylation sites (tertiary alicyclic amines) is 1. The SMILES string of the molecule is O=C1N[C@H]2CCN(C(=O)c3ccc(N4CCC4)nc3)C[C@@H]2CO1. The Morgan fingerprint density at radius 2 is 2.17 bits per heavy atom. The Hall–Kier alpha value is -2.31. The summed E-state index contributed by atoms with van der Waals surface area (Å²) in [6, 6.07) is 3.89. The van der Waals surface area contributed by atoms with Crippen molar-refractivity contribution in [2.75, 3.05) is 37.7 Å². The van der Waals surface area contributed by atoms with Gasteiger partial charge in [0.2, 0.25) is 0 Å². The van der Waals surface area contributed by atoms with Gasteiger partial charge in [0, 0.05) is 44.3 Å². The summed E-state index contributed by atoms with van der Waals surface area (Å²) in [7, 11) is 0. The van der Waals surface area contributed by atoms with E-state index in [2.05, 4.69) is 15.2 Å². The molecule has 0 aliphatic carbocycles. The molecule has 4 rings (SSSR count). The summed E-state index contributed by atoms with van der Waals surface area (Å²) in [6.07, 6.45) is 3.29. The number of hydrogen-bond donors (Lipinski definition) is 1. The van der Waals surface area contributed by atoms with Gasteiger partial charge in [0.15, 0.2) is 0 Å². The number of alkyl carbamates (subject to hydrolysis) is 1. The fourth-order valence-corrected chi connectivity index (χ4v) is 3.38. The quantitative estimate of drug-likeness (QED) is 0.876. The number of aromatic nitrogens is 1. The smallest absolute Gasteiger partial charge is 0.407 e. The van der Waals surface area contributed by atoms with Crippen molar-refractivity contribution < 1.29 is 14.3 Å². The molecule has 0 bridgehead atoms. The van der Waals surface area contributed by atoms with Crippen LogP contribution in [-0.2, 0) is 4.74 Å². The van der Waals surface area contributed by atoms with E-state index >= 15 is 0 Å². The molecule has 23 heavy (non-hydrogen) atoms. The van der Waals surface area contributed by atoms with Gasteiger partial charge in [-0.05, 0) is 25.0 Å². The van der Waals surface area contributed by atoms with E-state index in [4.69, 9.17) is 4.74 Å². The fourth-order valence-electron chi connectivity index (χ4n) is 3.38. The summed E-state index contributed by atoms with van der Waals surface area (Å²) in [4.78, 5) is 32.3. The summed E-state index contributed by atoms with van der Waals surface area (Å²) < 4.78 is 5.04. The molecule has 122 valence electrons. The number of anilines is 1. The van der Waals surface area contributed by atoms with Crippen LogP contribution < -0.4 is 10.2 Å². The van der Waals surface area contributed by atoms with Crippen molar-refractivity contribution in [1.29, 1.82) is 0 Å². The van der Waals surface area contributed by atoms with E-state index in [0.717, 1.165) is 25.3 Å². The molecule has 0 saturated carbocycles. The zero-order valence-electron chi connectivity index (χ0n) is 12.9. The Balaban J connectivity index is 1.41. The molecule has 3 fully saturated rings. The van der Waals surface area contributed by atoms with E-state index < -0.39 is 0 Å². The Morgan fingerprint density at radius 3 is 2.87 bits per heavy atom. The largest absolute Gasteiger partial charge is 0.449 e. The first-order chi connectivity index (χ1) is 11.2. The van der Waals surface area contributed by atoms with Crippen molar-refractivity contribution in [3.63, 3.8) is 0 Å². The number of hydrogen-bond acceptors (Lipinski definition) is 5. The number of amides is 2. The predicted molar refractivity (Wildman–Crippen MR) is 83.3 cm³/mol. The molecular weight excluding hydrogens is 296 g/mol. The number of fused-ring (bicyclic) bond motifs is 1. The number of carbonyl (C=O) groups excluding carboxylic acids is 2. The van der Waals surface area contributed by atoms with Crippen LogP contribution in [0, 0.1) is 5.92 Å². The molecule has 4 heterocycles. The third kappa shape index (κ3) is 2.71. The van der Waals surface area contributed by atoms with E-state index in [1.54, 1.807) is 6.20 Å². The molecule has 0 spiro atoms. The van der Waals surface area contributed by atoms with Crippen LogP contribution >= 0.6 is 0 Å². The molecule has 0 unspecified atom stereocenters. The molecule has 7 heteroatoms. The highest BCUT2D eigenvalue weighted by Gasteiger charge is 2.36. The Kier molecular flexibility index (Phi) is 3.55. The monoisotopic (exact) mass is 316 g/mol. The number of pyridine rings is 1. The maximum atomic E-state index is 12.6. The van der Waals surface area contributed by atoms with Crippen molar-refractivity contribution in [1.82, 2.24) is 15.2 Å². The molecular formula is C16H20N4O3. The van der Waals surface area contributed by atoms with E-state index in [-0.39, 0.29) is 24.0 Å². The van der Waals surface area contributed by atoms with Gasteiger partial charge < -0.3 is 19.9 Å². The molecule has 3 aliphatic rings. The summed E-state index contributed by atoms with van der Waals surface area (Å²) >= 11 is 0. The second-order valence-corrected chi connectivity index (χ2v) is 6.39. The van der Waals surface area contributed by atoms with E-state index in [9.17, 15) is 9.59 Å². The molecule has 1 N–H and O–H groups in total. The van der Waals surface area contributed by atoms with E-state index in [0.29, 0.717) is 25.3 Å². The lowest BCUT2D eigenvalue weighted by Gasteiger charge is -2.40. The number of ether oxygens (including phenoxy) is 1. The summed E-state index contributed by atoms with van der Waals surface area (Å²) in [5.41, 5.74) is 0.619. The van der Waals surface area contributed by atoms with Crippen LogP contribution in [0.2, 0.25) is 0 Å². The molecule has 1 aromatic rings. The van der Waals surface area contributed by atoms with Gasteiger partial charge in [-0.15, -0.1) is 0 Å². The van der Waals surface area contributed by atoms with Gasteiger partial charge in [0.1, 0.15) is 5.82 Å². The molecule has 3 saturated heterocycles. The van der Waals surface area contributed by atoms with Gasteiger partial charge in [-0.2, -0.15) is 0 Å². The second kappa shape index (κ2) is 5.72. The van der Waals surface area contributed by atoms with Gasteiger partial charge in [-0.25, -0.2) is 9.78 Å². The number of nitrogens with one attached hydrogen (secondary N) is 1. The van der Waals surface area contributed by atoms with Gasteiger partial charge in [0.25, 0.3) is 5.91 Å². The minimum absolute atomic E-state index is 0.00279. The van der Waals surface area contributed by atoms with Crippen LogP contribution in [0.5, 0.6) is 0 Å². The maximum absolute atomic E-state index is 12.6. The zero-order valence-corrected chi connectivity index (χ0v) is 12.9. The highest BCUT2D eigenvalue weighted by atomic mass is 16.6. The number of cyclic esters (lactones) is 1. The second-order valence-electron chi connectivity index (χ2n) is 6.39. The molecule has 0 radical (unpaired) electrons. The van der Waals surface area contributed by atoms with Crippen molar-refractivity contribution in [3.05, 3.63) is 23.9 Å².